The van der Waals surface area contributed by atoms with Gasteiger partial charge in [-0.25, -0.2) is 0 Å². The molecule has 22 heavy (non-hydrogen) atoms. The number of hydrogen-bond donors (Lipinski definition) is 2. The van der Waals surface area contributed by atoms with Gasteiger partial charge in [0, 0.05) is 24.5 Å². The lowest BCUT2D eigenvalue weighted by atomic mass is 10.1. The van der Waals surface area contributed by atoms with E-state index in [9.17, 15) is 0 Å². The molecule has 0 aliphatic rings. The molecule has 2 rings (SSSR count). The summed E-state index contributed by atoms with van der Waals surface area (Å²) >= 11 is 0. The molecule has 3 nitrogen and oxygen atoms in total. The maximum absolute atomic E-state index is 5.58. The van der Waals surface area contributed by atoms with Crippen LogP contribution >= 0.6 is 0 Å². The maximum Gasteiger partial charge on any atom is 0.119 e. The lowest BCUT2D eigenvalue weighted by Crippen LogP contribution is -2.14. The molecule has 0 radical (unpaired) electrons. The largest absolute Gasteiger partial charge is 0.494 e. The Hall–Kier alpha value is -2.16. The quantitative estimate of drug-likeness (QED) is 0.698. The van der Waals surface area contributed by atoms with Crippen LogP contribution in [0.15, 0.2) is 42.5 Å². The molecule has 2 N–H and O–H groups in total. The summed E-state index contributed by atoms with van der Waals surface area (Å²) in [6.45, 7) is 8.92. The zero-order chi connectivity index (χ0) is 15.8. The van der Waals surface area contributed by atoms with Crippen molar-refractivity contribution in [2.24, 2.45) is 0 Å². The van der Waals surface area contributed by atoms with E-state index in [1.165, 1.54) is 16.8 Å². The lowest BCUT2D eigenvalue weighted by molar-refractivity contribution is 0.317. The number of rotatable bonds is 8. The molecule has 2 aromatic rings. The van der Waals surface area contributed by atoms with Gasteiger partial charge in [0.25, 0.3) is 0 Å². The second kappa shape index (κ2) is 8.32. The SMILES string of the molecule is CCCOc1ccc(NCCNc2c(C)cccc2C)cc1. The molecule has 0 aliphatic carbocycles. The van der Waals surface area contributed by atoms with Crippen LogP contribution in [-0.2, 0) is 0 Å². The van der Waals surface area contributed by atoms with Gasteiger partial charge in [-0.1, -0.05) is 25.1 Å². The Morgan fingerprint density at radius 2 is 1.50 bits per heavy atom. The minimum Gasteiger partial charge on any atom is -0.494 e. The van der Waals surface area contributed by atoms with Crippen molar-refractivity contribution in [3.63, 3.8) is 0 Å². The van der Waals surface area contributed by atoms with Crippen molar-refractivity contribution in [3.05, 3.63) is 53.6 Å². The van der Waals surface area contributed by atoms with E-state index in [4.69, 9.17) is 4.74 Å². The van der Waals surface area contributed by atoms with E-state index in [1.807, 2.05) is 12.1 Å². The number of ether oxygens (including phenoxy) is 1. The summed E-state index contributed by atoms with van der Waals surface area (Å²) in [7, 11) is 0. The van der Waals surface area contributed by atoms with Crippen LogP contribution in [-0.4, -0.2) is 19.7 Å². The smallest absolute Gasteiger partial charge is 0.119 e. The molecule has 0 heterocycles. The van der Waals surface area contributed by atoms with Gasteiger partial charge in [0.1, 0.15) is 5.75 Å². The first-order valence-electron chi connectivity index (χ1n) is 7.97. The van der Waals surface area contributed by atoms with Gasteiger partial charge in [0.05, 0.1) is 6.61 Å². The molecular formula is C19H26N2O. The van der Waals surface area contributed by atoms with Gasteiger partial charge in [-0.05, 0) is 55.7 Å². The number of aryl methyl sites for hydroxylation is 2. The van der Waals surface area contributed by atoms with Crippen molar-refractivity contribution in [1.29, 1.82) is 0 Å². The Kier molecular flexibility index (Phi) is 6.13. The van der Waals surface area contributed by atoms with Crippen molar-refractivity contribution in [3.8, 4) is 5.75 Å². The standard InChI is InChI=1S/C19H26N2O/c1-4-14-22-18-10-8-17(9-11-18)20-12-13-21-19-15(2)6-5-7-16(19)3/h5-11,20-21H,4,12-14H2,1-3H3. The molecule has 0 bridgehead atoms. The van der Waals surface area contributed by atoms with Crippen molar-refractivity contribution >= 4 is 11.4 Å². The Balaban J connectivity index is 1.77. The van der Waals surface area contributed by atoms with Gasteiger partial charge in [0.2, 0.25) is 0 Å². The van der Waals surface area contributed by atoms with Crippen molar-refractivity contribution in [1.82, 2.24) is 0 Å². The van der Waals surface area contributed by atoms with Crippen LogP contribution in [0.25, 0.3) is 0 Å². The third-order valence-corrected chi connectivity index (χ3v) is 3.56. The van der Waals surface area contributed by atoms with Crippen LogP contribution in [0.4, 0.5) is 11.4 Å². The third kappa shape index (κ3) is 4.69. The van der Waals surface area contributed by atoms with E-state index in [0.29, 0.717) is 0 Å². The molecule has 0 saturated carbocycles. The van der Waals surface area contributed by atoms with E-state index < -0.39 is 0 Å². The minimum absolute atomic E-state index is 0.770. The average molecular weight is 298 g/mol. The van der Waals surface area contributed by atoms with Crippen molar-refractivity contribution in [2.75, 3.05) is 30.3 Å². The highest BCUT2D eigenvalue weighted by Gasteiger charge is 2.00. The Bertz CT molecular complexity index is 558. The number of para-hydroxylation sites is 1. The normalized spacial score (nSPS) is 10.3. The molecule has 0 aromatic heterocycles. The zero-order valence-corrected chi connectivity index (χ0v) is 13.8. The predicted molar refractivity (Wildman–Crippen MR) is 95.1 cm³/mol. The molecule has 0 amide bonds. The number of benzene rings is 2. The van der Waals surface area contributed by atoms with Crippen LogP contribution in [0.5, 0.6) is 5.75 Å². The van der Waals surface area contributed by atoms with Gasteiger partial charge in [-0.2, -0.15) is 0 Å². The molecule has 3 heteroatoms. The van der Waals surface area contributed by atoms with Crippen LogP contribution in [0.2, 0.25) is 0 Å². The van der Waals surface area contributed by atoms with Crippen molar-refractivity contribution in [2.45, 2.75) is 27.2 Å². The number of hydrogen-bond acceptors (Lipinski definition) is 3. The molecule has 0 atom stereocenters. The summed E-state index contributed by atoms with van der Waals surface area (Å²) in [4.78, 5) is 0. The summed E-state index contributed by atoms with van der Waals surface area (Å²) in [5.41, 5.74) is 4.94. The molecule has 0 fully saturated rings. The molecule has 0 unspecified atom stereocenters. The summed E-state index contributed by atoms with van der Waals surface area (Å²) in [5.74, 6) is 0.932. The van der Waals surface area contributed by atoms with Gasteiger partial charge in [-0.3, -0.25) is 0 Å². The summed E-state index contributed by atoms with van der Waals surface area (Å²) in [6, 6.07) is 14.5. The molecule has 0 spiro atoms. The highest BCUT2D eigenvalue weighted by atomic mass is 16.5. The number of anilines is 2. The molecule has 0 saturated heterocycles. The van der Waals surface area contributed by atoms with E-state index in [1.54, 1.807) is 0 Å². The molecule has 0 aliphatic heterocycles. The molecular weight excluding hydrogens is 272 g/mol. The van der Waals surface area contributed by atoms with E-state index >= 15 is 0 Å². The Labute approximate surface area is 133 Å². The van der Waals surface area contributed by atoms with Gasteiger partial charge in [-0.15, -0.1) is 0 Å². The minimum atomic E-state index is 0.770. The van der Waals surface area contributed by atoms with Gasteiger partial charge in [0.15, 0.2) is 0 Å². The summed E-state index contributed by atoms with van der Waals surface area (Å²) < 4.78 is 5.58. The van der Waals surface area contributed by atoms with Gasteiger partial charge >= 0.3 is 0 Å². The number of nitrogens with one attached hydrogen (secondary N) is 2. The predicted octanol–water partition coefficient (Wildman–Crippen LogP) is 4.62. The fraction of sp³-hybridized carbons (Fsp3) is 0.368. The summed E-state index contributed by atoms with van der Waals surface area (Å²) in [5, 5.41) is 6.92. The monoisotopic (exact) mass is 298 g/mol. The maximum atomic E-state index is 5.58. The topological polar surface area (TPSA) is 33.3 Å². The van der Waals surface area contributed by atoms with Crippen molar-refractivity contribution < 1.29 is 4.74 Å². The zero-order valence-electron chi connectivity index (χ0n) is 13.8. The van der Waals surface area contributed by atoms with Gasteiger partial charge < -0.3 is 15.4 Å². The van der Waals surface area contributed by atoms with Crippen LogP contribution in [0.1, 0.15) is 24.5 Å². The lowest BCUT2D eigenvalue weighted by Gasteiger charge is -2.13. The third-order valence-electron chi connectivity index (χ3n) is 3.56. The second-order valence-electron chi connectivity index (χ2n) is 5.49. The molecule has 2 aromatic carbocycles. The van der Waals surface area contributed by atoms with Crippen LogP contribution in [0.3, 0.4) is 0 Å². The first-order chi connectivity index (χ1) is 10.7. The first-order valence-corrected chi connectivity index (χ1v) is 7.97. The van der Waals surface area contributed by atoms with E-state index in [2.05, 4.69) is 61.7 Å². The second-order valence-corrected chi connectivity index (χ2v) is 5.49. The fourth-order valence-electron chi connectivity index (χ4n) is 2.38. The molecule has 118 valence electrons. The van der Waals surface area contributed by atoms with Crippen LogP contribution in [0, 0.1) is 13.8 Å². The average Bonchev–Trinajstić information content (AvgIpc) is 2.53. The summed E-state index contributed by atoms with van der Waals surface area (Å²) in [6.07, 6.45) is 1.03. The van der Waals surface area contributed by atoms with E-state index in [0.717, 1.165) is 37.6 Å². The highest BCUT2D eigenvalue weighted by molar-refractivity contribution is 5.56. The highest BCUT2D eigenvalue weighted by Crippen LogP contribution is 2.19. The Morgan fingerprint density at radius 1 is 0.864 bits per heavy atom. The Morgan fingerprint density at radius 3 is 2.14 bits per heavy atom. The fourth-order valence-corrected chi connectivity index (χ4v) is 2.38. The van der Waals surface area contributed by atoms with Crippen LogP contribution < -0.4 is 15.4 Å². The first kappa shape index (κ1) is 16.2. The van der Waals surface area contributed by atoms with E-state index in [-0.39, 0.29) is 0 Å².